The van der Waals surface area contributed by atoms with Gasteiger partial charge in [0.25, 0.3) is 0 Å². The Hall–Kier alpha value is -3.26. The summed E-state index contributed by atoms with van der Waals surface area (Å²) >= 11 is 1.43. The minimum absolute atomic E-state index is 0.0158. The molecule has 0 aliphatic rings. The summed E-state index contributed by atoms with van der Waals surface area (Å²) in [6.45, 7) is 7.98. The molecule has 1 heterocycles. The van der Waals surface area contributed by atoms with Crippen molar-refractivity contribution in [1.82, 2.24) is 4.98 Å². The van der Waals surface area contributed by atoms with Gasteiger partial charge in [-0.05, 0) is 29.2 Å². The monoisotopic (exact) mass is 472 g/mol. The highest BCUT2D eigenvalue weighted by Gasteiger charge is 2.26. The molecule has 0 spiro atoms. The zero-order chi connectivity index (χ0) is 24.0. The fraction of sp³-hybridized carbons (Fsp3) is 0.280. The summed E-state index contributed by atoms with van der Waals surface area (Å²) in [5.74, 6) is -0.449. The van der Waals surface area contributed by atoms with Crippen molar-refractivity contribution in [1.29, 1.82) is 0 Å². The molecule has 3 aromatic rings. The van der Waals surface area contributed by atoms with E-state index >= 15 is 0 Å². The van der Waals surface area contributed by atoms with Gasteiger partial charge in [-0.2, -0.15) is 8.78 Å². The number of carboxylic acid groups (broad SMARTS) is 1. The van der Waals surface area contributed by atoms with E-state index in [-0.39, 0.29) is 18.7 Å². The van der Waals surface area contributed by atoms with Crippen molar-refractivity contribution >= 4 is 22.4 Å². The first kappa shape index (κ1) is 24.4. The molecule has 0 bridgehead atoms. The first-order valence-electron chi connectivity index (χ1n) is 10.5. The van der Waals surface area contributed by atoms with Crippen LogP contribution in [-0.2, 0) is 11.3 Å². The molecule has 0 saturated carbocycles. The molecular weight excluding hydrogens is 446 g/mol. The van der Waals surface area contributed by atoms with Crippen LogP contribution in [0, 0.1) is 0 Å². The molecule has 8 heteroatoms. The number of carboxylic acids is 1. The highest BCUT2D eigenvalue weighted by Crippen LogP contribution is 2.30. The fourth-order valence-corrected chi connectivity index (χ4v) is 4.00. The number of thiazole rings is 1. The number of hydrogen-bond acceptors (Lipinski definition) is 5. The van der Waals surface area contributed by atoms with Crippen molar-refractivity contribution in [3.63, 3.8) is 0 Å². The molecule has 3 rings (SSSR count). The summed E-state index contributed by atoms with van der Waals surface area (Å²) in [6, 6.07) is 14.5. The van der Waals surface area contributed by atoms with Gasteiger partial charge in [0.2, 0.25) is 0 Å². The average molecular weight is 473 g/mol. The van der Waals surface area contributed by atoms with Gasteiger partial charge in [0.15, 0.2) is 5.13 Å². The van der Waals surface area contributed by atoms with Gasteiger partial charge in [-0.25, -0.2) is 4.98 Å². The van der Waals surface area contributed by atoms with Crippen LogP contribution in [0.1, 0.15) is 37.3 Å². The van der Waals surface area contributed by atoms with Crippen LogP contribution in [0.3, 0.4) is 0 Å². The molecule has 2 aromatic carbocycles. The van der Waals surface area contributed by atoms with E-state index in [1.807, 2.05) is 22.4 Å². The van der Waals surface area contributed by atoms with Crippen molar-refractivity contribution < 1.29 is 23.4 Å². The SMILES string of the molecule is C=CC(F)(F)Oc1ccc(CN(CCC(=O)O)c2nc(-c3ccc(C(C)C)cc3)cs2)cc1. The van der Waals surface area contributed by atoms with Crippen LogP contribution in [0.5, 0.6) is 5.75 Å². The Morgan fingerprint density at radius 2 is 1.88 bits per heavy atom. The Morgan fingerprint density at radius 1 is 1.21 bits per heavy atom. The lowest BCUT2D eigenvalue weighted by Gasteiger charge is -2.21. The zero-order valence-electron chi connectivity index (χ0n) is 18.5. The van der Waals surface area contributed by atoms with Gasteiger partial charge < -0.3 is 14.7 Å². The normalized spacial score (nSPS) is 11.4. The molecule has 33 heavy (non-hydrogen) atoms. The Balaban J connectivity index is 1.77. The van der Waals surface area contributed by atoms with Gasteiger partial charge in [-0.15, -0.1) is 11.3 Å². The number of anilines is 1. The Labute approximate surface area is 196 Å². The molecule has 0 radical (unpaired) electrons. The molecule has 0 aliphatic heterocycles. The molecule has 0 amide bonds. The number of halogens is 2. The number of aromatic nitrogens is 1. The van der Waals surface area contributed by atoms with Crippen molar-refractivity contribution in [3.8, 4) is 17.0 Å². The molecule has 5 nitrogen and oxygen atoms in total. The lowest BCUT2D eigenvalue weighted by atomic mass is 10.0. The highest BCUT2D eigenvalue weighted by atomic mass is 32.1. The van der Waals surface area contributed by atoms with Crippen LogP contribution in [0.15, 0.2) is 66.6 Å². The smallest absolute Gasteiger partial charge is 0.419 e. The van der Waals surface area contributed by atoms with Gasteiger partial charge in [0.1, 0.15) is 5.75 Å². The number of aliphatic carboxylic acids is 1. The van der Waals surface area contributed by atoms with Crippen LogP contribution in [0.2, 0.25) is 0 Å². The molecule has 0 atom stereocenters. The number of rotatable bonds is 11. The average Bonchev–Trinajstić information content (AvgIpc) is 3.27. The maximum absolute atomic E-state index is 13.3. The molecule has 1 aromatic heterocycles. The Morgan fingerprint density at radius 3 is 2.45 bits per heavy atom. The summed E-state index contributed by atoms with van der Waals surface area (Å²) in [5.41, 5.74) is 3.87. The van der Waals surface area contributed by atoms with Crippen LogP contribution >= 0.6 is 11.3 Å². The largest absolute Gasteiger partial charge is 0.481 e. The van der Waals surface area contributed by atoms with E-state index in [9.17, 15) is 13.6 Å². The van der Waals surface area contributed by atoms with E-state index in [2.05, 4.69) is 37.3 Å². The summed E-state index contributed by atoms with van der Waals surface area (Å²) < 4.78 is 31.3. The highest BCUT2D eigenvalue weighted by molar-refractivity contribution is 7.14. The van der Waals surface area contributed by atoms with E-state index in [4.69, 9.17) is 10.1 Å². The van der Waals surface area contributed by atoms with Crippen molar-refractivity contribution in [2.75, 3.05) is 11.4 Å². The third-order valence-corrected chi connectivity index (χ3v) is 5.92. The molecule has 0 fully saturated rings. The molecule has 0 aliphatic carbocycles. The summed E-state index contributed by atoms with van der Waals surface area (Å²) in [6.07, 6.45) is -3.06. The number of ether oxygens (including phenoxy) is 1. The summed E-state index contributed by atoms with van der Waals surface area (Å²) in [5, 5.41) is 11.8. The van der Waals surface area contributed by atoms with Crippen LogP contribution in [-0.4, -0.2) is 28.7 Å². The van der Waals surface area contributed by atoms with Gasteiger partial charge >= 0.3 is 12.1 Å². The lowest BCUT2D eigenvalue weighted by molar-refractivity contribution is -0.136. The standard InChI is InChI=1S/C25H26F2N2O3S/c1-4-25(26,27)32-21-11-5-18(6-12-21)15-29(14-13-23(30)31)24-28-22(16-33-24)20-9-7-19(8-10-20)17(2)3/h4-12,16-17H,1,13-15H2,2-3H3,(H,30,31). The van der Waals surface area contributed by atoms with Crippen LogP contribution in [0.25, 0.3) is 11.3 Å². The third-order valence-electron chi connectivity index (χ3n) is 5.02. The van der Waals surface area contributed by atoms with E-state index in [0.29, 0.717) is 23.7 Å². The molecule has 0 unspecified atom stereocenters. The summed E-state index contributed by atoms with van der Waals surface area (Å²) in [4.78, 5) is 17.8. The topological polar surface area (TPSA) is 62.7 Å². The van der Waals surface area contributed by atoms with E-state index in [1.54, 1.807) is 12.1 Å². The van der Waals surface area contributed by atoms with Gasteiger partial charge in [-0.1, -0.05) is 56.8 Å². The first-order valence-corrected chi connectivity index (χ1v) is 11.4. The predicted octanol–water partition coefficient (Wildman–Crippen LogP) is 6.57. The minimum Gasteiger partial charge on any atom is -0.481 e. The maximum atomic E-state index is 13.3. The van der Waals surface area contributed by atoms with Crippen molar-refractivity contribution in [2.24, 2.45) is 0 Å². The maximum Gasteiger partial charge on any atom is 0.419 e. The van der Waals surface area contributed by atoms with Crippen molar-refractivity contribution in [2.45, 2.75) is 38.8 Å². The lowest BCUT2D eigenvalue weighted by Crippen LogP contribution is -2.25. The second-order valence-corrected chi connectivity index (χ2v) is 8.71. The van der Waals surface area contributed by atoms with Crippen molar-refractivity contribution in [3.05, 3.63) is 77.7 Å². The van der Waals surface area contributed by atoms with Gasteiger partial charge in [0.05, 0.1) is 12.1 Å². The third kappa shape index (κ3) is 6.86. The predicted molar refractivity (Wildman–Crippen MR) is 127 cm³/mol. The molecule has 1 N–H and O–H groups in total. The fourth-order valence-electron chi connectivity index (χ4n) is 3.14. The molecule has 174 valence electrons. The number of nitrogens with zero attached hydrogens (tertiary/aromatic N) is 2. The van der Waals surface area contributed by atoms with Crippen LogP contribution < -0.4 is 9.64 Å². The van der Waals surface area contributed by atoms with Gasteiger partial charge in [-0.3, -0.25) is 4.79 Å². The second kappa shape index (κ2) is 10.6. The Bertz CT molecular complexity index is 1080. The molecular formula is C25H26F2N2O3S. The van der Waals surface area contributed by atoms with E-state index < -0.39 is 12.1 Å². The second-order valence-electron chi connectivity index (χ2n) is 7.87. The van der Waals surface area contributed by atoms with Gasteiger partial charge in [0, 0.05) is 30.1 Å². The number of alkyl halides is 2. The number of benzene rings is 2. The number of carbonyl (C=O) groups is 1. The number of hydrogen-bond donors (Lipinski definition) is 1. The van der Waals surface area contributed by atoms with E-state index in [0.717, 1.165) is 16.8 Å². The van der Waals surface area contributed by atoms with E-state index in [1.165, 1.54) is 29.0 Å². The first-order chi connectivity index (χ1) is 15.7. The quantitative estimate of drug-likeness (QED) is 0.320. The minimum atomic E-state index is -3.44. The molecule has 0 saturated heterocycles. The zero-order valence-corrected chi connectivity index (χ0v) is 19.3. The van der Waals surface area contributed by atoms with Crippen LogP contribution in [0.4, 0.5) is 13.9 Å². The Kier molecular flexibility index (Phi) is 7.81. The summed E-state index contributed by atoms with van der Waals surface area (Å²) in [7, 11) is 0.